The number of benzene rings is 1. The van der Waals surface area contributed by atoms with E-state index in [2.05, 4.69) is 17.2 Å². The Morgan fingerprint density at radius 3 is 2.76 bits per heavy atom. The molecule has 2 amide bonds. The Balaban J connectivity index is 1.64. The van der Waals surface area contributed by atoms with E-state index < -0.39 is 0 Å². The molecule has 3 rings (SSSR count). The average molecular weight is 343 g/mol. The monoisotopic (exact) mass is 343 g/mol. The third kappa shape index (κ3) is 3.85. The van der Waals surface area contributed by atoms with E-state index in [0.29, 0.717) is 24.7 Å². The van der Waals surface area contributed by atoms with Crippen molar-refractivity contribution in [1.29, 1.82) is 0 Å². The van der Waals surface area contributed by atoms with Gasteiger partial charge in [0, 0.05) is 30.9 Å². The highest BCUT2D eigenvalue weighted by molar-refractivity contribution is 5.90. The van der Waals surface area contributed by atoms with E-state index in [1.807, 2.05) is 36.1 Å². The predicted molar refractivity (Wildman–Crippen MR) is 96.3 cm³/mol. The van der Waals surface area contributed by atoms with Crippen molar-refractivity contribution in [2.45, 2.75) is 33.1 Å². The highest BCUT2D eigenvalue weighted by Crippen LogP contribution is 2.34. The molecule has 6 heteroatoms. The van der Waals surface area contributed by atoms with E-state index >= 15 is 0 Å². The number of oxazole rings is 1. The smallest absolute Gasteiger partial charge is 0.321 e. The summed E-state index contributed by atoms with van der Waals surface area (Å²) in [6, 6.07) is 7.37. The maximum Gasteiger partial charge on any atom is 0.321 e. The second-order valence-corrected chi connectivity index (χ2v) is 6.80. The van der Waals surface area contributed by atoms with Crippen LogP contribution in [0, 0.1) is 12.3 Å². The number of amides is 2. The second-order valence-electron chi connectivity index (χ2n) is 6.80. The summed E-state index contributed by atoms with van der Waals surface area (Å²) in [7, 11) is 0. The maximum atomic E-state index is 12.5. The average Bonchev–Trinajstić information content (AvgIpc) is 3.08. The number of aryl methyl sites for hydroxylation is 1. The van der Waals surface area contributed by atoms with Gasteiger partial charge in [-0.3, -0.25) is 0 Å². The van der Waals surface area contributed by atoms with Crippen LogP contribution in [0.5, 0.6) is 0 Å². The number of hydrogen-bond acceptors (Lipinski definition) is 4. The fraction of sp³-hybridized carbons (Fsp3) is 0.474. The molecule has 0 bridgehead atoms. The molecule has 0 aliphatic carbocycles. The Kier molecular flexibility index (Phi) is 5.08. The van der Waals surface area contributed by atoms with Crippen LogP contribution in [0.15, 0.2) is 34.9 Å². The summed E-state index contributed by atoms with van der Waals surface area (Å²) in [5.41, 5.74) is 2.34. The first-order chi connectivity index (χ1) is 12.0. The molecule has 1 aliphatic heterocycles. The lowest BCUT2D eigenvalue weighted by Gasteiger charge is -2.40. The van der Waals surface area contributed by atoms with Gasteiger partial charge in [0.15, 0.2) is 0 Å². The Bertz CT molecular complexity index is 727. The molecule has 2 heterocycles. The number of carbonyl (C=O) groups excluding carboxylic acids is 1. The number of nitrogens with zero attached hydrogens (tertiary/aromatic N) is 2. The van der Waals surface area contributed by atoms with Crippen molar-refractivity contribution in [2.24, 2.45) is 5.41 Å². The van der Waals surface area contributed by atoms with Gasteiger partial charge in [-0.1, -0.05) is 13.0 Å². The van der Waals surface area contributed by atoms with Crippen molar-refractivity contribution in [1.82, 2.24) is 9.88 Å². The van der Waals surface area contributed by atoms with Crippen LogP contribution in [0.2, 0.25) is 0 Å². The first kappa shape index (κ1) is 17.5. The summed E-state index contributed by atoms with van der Waals surface area (Å²) in [6.07, 6.45) is 4.22. The normalized spacial score (nSPS) is 16.7. The number of aliphatic hydroxyl groups is 1. The van der Waals surface area contributed by atoms with Crippen molar-refractivity contribution >= 4 is 11.7 Å². The summed E-state index contributed by atoms with van der Waals surface area (Å²) in [5, 5.41) is 12.6. The van der Waals surface area contributed by atoms with Crippen LogP contribution in [0.3, 0.4) is 0 Å². The first-order valence-electron chi connectivity index (χ1n) is 8.74. The zero-order chi connectivity index (χ0) is 17.9. The van der Waals surface area contributed by atoms with Gasteiger partial charge in [0.2, 0.25) is 5.89 Å². The Morgan fingerprint density at radius 1 is 1.40 bits per heavy atom. The zero-order valence-electron chi connectivity index (χ0n) is 14.8. The largest absolute Gasteiger partial charge is 0.444 e. The van der Waals surface area contributed by atoms with Crippen molar-refractivity contribution in [3.8, 4) is 11.5 Å². The summed E-state index contributed by atoms with van der Waals surface area (Å²) in [6.45, 7) is 5.49. The minimum Gasteiger partial charge on any atom is -0.444 e. The van der Waals surface area contributed by atoms with Gasteiger partial charge < -0.3 is 19.7 Å². The van der Waals surface area contributed by atoms with Crippen LogP contribution < -0.4 is 5.32 Å². The number of rotatable bonds is 4. The molecule has 6 nitrogen and oxygen atoms in total. The minimum absolute atomic E-state index is 0.0283. The van der Waals surface area contributed by atoms with Crippen LogP contribution in [-0.2, 0) is 0 Å². The molecule has 0 unspecified atom stereocenters. The molecule has 1 saturated heterocycles. The number of aliphatic hydroxyl groups excluding tert-OH is 1. The molecular weight excluding hydrogens is 318 g/mol. The lowest BCUT2D eigenvalue weighted by atomic mass is 9.77. The first-order valence-corrected chi connectivity index (χ1v) is 8.74. The number of urea groups is 1. The number of likely N-dealkylation sites (tertiary alicyclic amines) is 1. The molecule has 1 aromatic heterocycles. The molecular formula is C19H25N3O3. The number of hydrogen-bond donors (Lipinski definition) is 2. The van der Waals surface area contributed by atoms with Gasteiger partial charge in [-0.15, -0.1) is 0 Å². The Morgan fingerprint density at radius 2 is 2.16 bits per heavy atom. The van der Waals surface area contributed by atoms with Gasteiger partial charge in [-0.2, -0.15) is 0 Å². The maximum absolute atomic E-state index is 12.5. The standard InChI is InChI=1S/C19H25N3O3/c1-3-19(13-23)7-9-22(10-8-19)18(24)21-16-6-4-5-15(11-16)17-20-14(2)12-25-17/h4-6,11-12,23H,3,7-10,13H2,1-2H3,(H,21,24). The third-order valence-corrected chi connectivity index (χ3v) is 5.18. The highest BCUT2D eigenvalue weighted by atomic mass is 16.3. The Hall–Kier alpha value is -2.34. The predicted octanol–water partition coefficient (Wildman–Crippen LogP) is 3.67. The van der Waals surface area contributed by atoms with Crippen LogP contribution in [0.1, 0.15) is 31.9 Å². The SMILES string of the molecule is CCC1(CO)CCN(C(=O)Nc2cccc(-c3nc(C)co3)c2)CC1. The minimum atomic E-state index is -0.108. The molecule has 134 valence electrons. The Labute approximate surface area is 147 Å². The fourth-order valence-corrected chi connectivity index (χ4v) is 3.23. The molecule has 0 spiro atoms. The van der Waals surface area contributed by atoms with E-state index in [0.717, 1.165) is 30.5 Å². The highest BCUT2D eigenvalue weighted by Gasteiger charge is 2.33. The molecule has 2 N–H and O–H groups in total. The molecule has 1 aromatic carbocycles. The van der Waals surface area contributed by atoms with Crippen LogP contribution in [0.4, 0.5) is 10.5 Å². The molecule has 0 saturated carbocycles. The third-order valence-electron chi connectivity index (χ3n) is 5.18. The lowest BCUT2D eigenvalue weighted by Crippen LogP contribution is -2.46. The van der Waals surface area contributed by atoms with Crippen molar-refractivity contribution in [2.75, 3.05) is 25.0 Å². The van der Waals surface area contributed by atoms with E-state index in [4.69, 9.17) is 4.42 Å². The van der Waals surface area contributed by atoms with Gasteiger partial charge in [-0.25, -0.2) is 9.78 Å². The molecule has 1 aliphatic rings. The van der Waals surface area contributed by atoms with E-state index in [1.165, 1.54) is 0 Å². The van der Waals surface area contributed by atoms with Crippen molar-refractivity contribution in [3.05, 3.63) is 36.2 Å². The van der Waals surface area contributed by atoms with Crippen LogP contribution in [-0.4, -0.2) is 40.7 Å². The number of piperidine rings is 1. The molecule has 2 aromatic rings. The van der Waals surface area contributed by atoms with Crippen LogP contribution >= 0.6 is 0 Å². The van der Waals surface area contributed by atoms with Crippen LogP contribution in [0.25, 0.3) is 11.5 Å². The number of aromatic nitrogens is 1. The van der Waals surface area contributed by atoms with Gasteiger partial charge in [-0.05, 0) is 49.8 Å². The summed E-state index contributed by atoms with van der Waals surface area (Å²) >= 11 is 0. The summed E-state index contributed by atoms with van der Waals surface area (Å²) in [4.78, 5) is 18.6. The van der Waals surface area contributed by atoms with Crippen molar-refractivity contribution < 1.29 is 14.3 Å². The van der Waals surface area contributed by atoms with E-state index in [1.54, 1.807) is 6.26 Å². The molecule has 1 fully saturated rings. The molecule has 0 atom stereocenters. The topological polar surface area (TPSA) is 78.6 Å². The van der Waals surface area contributed by atoms with E-state index in [-0.39, 0.29) is 18.1 Å². The van der Waals surface area contributed by atoms with E-state index in [9.17, 15) is 9.90 Å². The number of nitrogens with one attached hydrogen (secondary N) is 1. The van der Waals surface area contributed by atoms with Gasteiger partial charge in [0.1, 0.15) is 6.26 Å². The summed E-state index contributed by atoms with van der Waals surface area (Å²) in [5.74, 6) is 0.544. The van der Waals surface area contributed by atoms with Gasteiger partial charge >= 0.3 is 6.03 Å². The van der Waals surface area contributed by atoms with Crippen molar-refractivity contribution in [3.63, 3.8) is 0 Å². The van der Waals surface area contributed by atoms with Gasteiger partial charge in [0.05, 0.1) is 5.69 Å². The number of carbonyl (C=O) groups is 1. The number of anilines is 1. The lowest BCUT2D eigenvalue weighted by molar-refractivity contribution is 0.0542. The molecule has 0 radical (unpaired) electrons. The second kappa shape index (κ2) is 7.27. The summed E-state index contributed by atoms with van der Waals surface area (Å²) < 4.78 is 5.42. The molecule has 25 heavy (non-hydrogen) atoms. The fourth-order valence-electron chi connectivity index (χ4n) is 3.23. The quantitative estimate of drug-likeness (QED) is 0.888. The van der Waals surface area contributed by atoms with Gasteiger partial charge in [0.25, 0.3) is 0 Å². The zero-order valence-corrected chi connectivity index (χ0v) is 14.8.